The van der Waals surface area contributed by atoms with E-state index in [1.807, 2.05) is 0 Å². The second-order valence-corrected chi connectivity index (χ2v) is 6.47. The molecule has 29 heavy (non-hydrogen) atoms. The van der Waals surface area contributed by atoms with Crippen LogP contribution in [-0.4, -0.2) is 54.4 Å². The number of ether oxygens (including phenoxy) is 1. The van der Waals surface area contributed by atoms with E-state index < -0.39 is 12.1 Å². The topological polar surface area (TPSA) is 124 Å². The maximum Gasteiger partial charge on any atom is 0.409 e. The molecule has 10 heteroatoms. The van der Waals surface area contributed by atoms with Gasteiger partial charge in [0.15, 0.2) is 0 Å². The molecule has 2 rings (SSSR count). The molecule has 0 radical (unpaired) electrons. The predicted octanol–water partition coefficient (Wildman–Crippen LogP) is 3.95. The van der Waals surface area contributed by atoms with E-state index in [1.165, 1.54) is 23.1 Å². The lowest BCUT2D eigenvalue weighted by atomic mass is 10.2. The van der Waals surface area contributed by atoms with Gasteiger partial charge in [-0.15, -0.1) is 0 Å². The van der Waals surface area contributed by atoms with Crippen molar-refractivity contribution >= 4 is 35.0 Å². The van der Waals surface area contributed by atoms with Gasteiger partial charge in [-0.3, -0.25) is 0 Å². The van der Waals surface area contributed by atoms with Gasteiger partial charge in [-0.2, -0.15) is 10.2 Å². The minimum atomic E-state index is -1.27. The summed E-state index contributed by atoms with van der Waals surface area (Å²) in [6, 6.07) is 8.73. The van der Waals surface area contributed by atoms with Gasteiger partial charge in [0, 0.05) is 30.7 Å². The molecule has 3 N–H and O–H groups in total. The SMILES string of the molecule is CNCCN(C)C(=O)OCc1ccc(N=Nc2ccc(O)c(C(=O)O)c2)cc1Cl. The molecular formula is C19H21ClN4O5. The summed E-state index contributed by atoms with van der Waals surface area (Å²) in [6.45, 7) is 1.18. The Kier molecular flexibility index (Phi) is 7.93. The number of hydrogen-bond acceptors (Lipinski definition) is 7. The summed E-state index contributed by atoms with van der Waals surface area (Å²) in [7, 11) is 3.44. The van der Waals surface area contributed by atoms with Crippen LogP contribution in [0, 0.1) is 0 Å². The second-order valence-electron chi connectivity index (χ2n) is 6.06. The van der Waals surface area contributed by atoms with Crippen LogP contribution in [0.3, 0.4) is 0 Å². The number of nitrogens with zero attached hydrogens (tertiary/aromatic N) is 3. The zero-order valence-corrected chi connectivity index (χ0v) is 16.7. The van der Waals surface area contributed by atoms with Crippen molar-refractivity contribution in [3.63, 3.8) is 0 Å². The average Bonchev–Trinajstić information content (AvgIpc) is 2.70. The van der Waals surface area contributed by atoms with E-state index >= 15 is 0 Å². The molecular weight excluding hydrogens is 400 g/mol. The quantitative estimate of drug-likeness (QED) is 0.555. The van der Waals surface area contributed by atoms with Gasteiger partial charge < -0.3 is 25.2 Å². The van der Waals surface area contributed by atoms with Crippen LogP contribution in [0.25, 0.3) is 0 Å². The Bertz CT molecular complexity index is 919. The summed E-state index contributed by atoms with van der Waals surface area (Å²) in [6.07, 6.45) is -0.457. The predicted molar refractivity (Wildman–Crippen MR) is 107 cm³/mol. The molecule has 0 unspecified atom stereocenters. The van der Waals surface area contributed by atoms with Gasteiger partial charge in [0.2, 0.25) is 0 Å². The number of aromatic carboxylic acids is 1. The molecule has 0 aliphatic carbocycles. The van der Waals surface area contributed by atoms with Crippen molar-refractivity contribution in [1.82, 2.24) is 10.2 Å². The van der Waals surface area contributed by atoms with Crippen LogP contribution >= 0.6 is 11.6 Å². The minimum absolute atomic E-state index is 0.0128. The molecule has 2 aromatic rings. The molecule has 0 saturated heterocycles. The van der Waals surface area contributed by atoms with E-state index in [9.17, 15) is 14.7 Å². The van der Waals surface area contributed by atoms with Crippen molar-refractivity contribution in [2.45, 2.75) is 6.61 Å². The lowest BCUT2D eigenvalue weighted by Crippen LogP contribution is -2.33. The maximum absolute atomic E-state index is 11.9. The van der Waals surface area contributed by atoms with Crippen LogP contribution in [0.5, 0.6) is 5.75 Å². The third-order valence-corrected chi connectivity index (χ3v) is 4.24. The first-order valence-corrected chi connectivity index (χ1v) is 8.98. The van der Waals surface area contributed by atoms with Gasteiger partial charge in [0.1, 0.15) is 17.9 Å². The zero-order chi connectivity index (χ0) is 21.4. The van der Waals surface area contributed by atoms with Crippen molar-refractivity contribution in [1.29, 1.82) is 0 Å². The van der Waals surface area contributed by atoms with Crippen LogP contribution in [0.1, 0.15) is 15.9 Å². The number of amides is 1. The molecule has 1 amide bonds. The Morgan fingerprint density at radius 3 is 2.45 bits per heavy atom. The average molecular weight is 421 g/mol. The molecule has 0 aromatic heterocycles. The van der Waals surface area contributed by atoms with Crippen molar-refractivity contribution in [3.05, 3.63) is 52.5 Å². The lowest BCUT2D eigenvalue weighted by Gasteiger charge is -2.16. The van der Waals surface area contributed by atoms with Crippen LogP contribution < -0.4 is 5.32 Å². The molecule has 0 aliphatic rings. The Morgan fingerprint density at radius 2 is 1.83 bits per heavy atom. The standard InChI is InChI=1S/C19H21ClN4O5/c1-21-7-8-24(2)19(28)29-11-12-3-4-14(10-16(12)20)23-22-13-5-6-17(25)15(9-13)18(26)27/h3-6,9-10,21,25H,7-8,11H2,1-2H3,(H,26,27). The molecule has 0 bridgehead atoms. The number of carbonyl (C=O) groups is 2. The summed E-state index contributed by atoms with van der Waals surface area (Å²) >= 11 is 6.22. The first-order valence-electron chi connectivity index (χ1n) is 8.60. The van der Waals surface area contributed by atoms with Crippen LogP contribution in [0.4, 0.5) is 16.2 Å². The van der Waals surface area contributed by atoms with E-state index in [1.54, 1.807) is 32.3 Å². The number of likely N-dealkylation sites (N-methyl/N-ethyl adjacent to an activating group) is 2. The van der Waals surface area contributed by atoms with Crippen molar-refractivity contribution < 1.29 is 24.5 Å². The highest BCUT2D eigenvalue weighted by atomic mass is 35.5. The Balaban J connectivity index is 2.02. The van der Waals surface area contributed by atoms with Crippen molar-refractivity contribution in [2.24, 2.45) is 10.2 Å². The summed E-state index contributed by atoms with van der Waals surface area (Å²) in [5.74, 6) is -1.62. The minimum Gasteiger partial charge on any atom is -0.507 e. The molecule has 0 atom stereocenters. The number of carbonyl (C=O) groups excluding carboxylic acids is 1. The zero-order valence-electron chi connectivity index (χ0n) is 15.9. The maximum atomic E-state index is 11.9. The van der Waals surface area contributed by atoms with Gasteiger partial charge in [0.05, 0.1) is 11.4 Å². The summed E-state index contributed by atoms with van der Waals surface area (Å²) in [5.41, 5.74) is 1.04. The highest BCUT2D eigenvalue weighted by Gasteiger charge is 2.12. The lowest BCUT2D eigenvalue weighted by molar-refractivity contribution is 0.0693. The number of carboxylic acids is 1. The molecule has 0 fully saturated rings. The first-order chi connectivity index (χ1) is 13.8. The van der Waals surface area contributed by atoms with Gasteiger partial charge >= 0.3 is 12.1 Å². The fraction of sp³-hybridized carbons (Fsp3) is 0.263. The van der Waals surface area contributed by atoms with Crippen molar-refractivity contribution in [2.75, 3.05) is 27.2 Å². The smallest absolute Gasteiger partial charge is 0.409 e. The molecule has 9 nitrogen and oxygen atoms in total. The number of azo groups is 1. The molecule has 154 valence electrons. The Labute approximate surface area is 172 Å². The summed E-state index contributed by atoms with van der Waals surface area (Å²) < 4.78 is 5.23. The van der Waals surface area contributed by atoms with E-state index in [-0.39, 0.29) is 23.6 Å². The number of phenols is 1. The Morgan fingerprint density at radius 1 is 1.17 bits per heavy atom. The third-order valence-electron chi connectivity index (χ3n) is 3.89. The van der Waals surface area contributed by atoms with Gasteiger partial charge in [-0.05, 0) is 37.4 Å². The normalized spacial score (nSPS) is 10.9. The molecule has 0 saturated carbocycles. The molecule has 2 aromatic carbocycles. The molecule has 0 aliphatic heterocycles. The van der Waals surface area contributed by atoms with Gasteiger partial charge in [-0.1, -0.05) is 17.7 Å². The number of rotatable bonds is 8. The first kappa shape index (κ1) is 22.1. The van der Waals surface area contributed by atoms with Crippen molar-refractivity contribution in [3.8, 4) is 5.75 Å². The van der Waals surface area contributed by atoms with Crippen LogP contribution in [0.2, 0.25) is 5.02 Å². The number of carboxylic acid groups (broad SMARTS) is 1. The summed E-state index contributed by atoms with van der Waals surface area (Å²) in [4.78, 5) is 24.4. The van der Waals surface area contributed by atoms with E-state index in [0.717, 1.165) is 0 Å². The van der Waals surface area contributed by atoms with Crippen LogP contribution in [-0.2, 0) is 11.3 Å². The largest absolute Gasteiger partial charge is 0.507 e. The van der Waals surface area contributed by atoms with Gasteiger partial charge in [-0.25, -0.2) is 9.59 Å². The van der Waals surface area contributed by atoms with E-state index in [2.05, 4.69) is 15.5 Å². The fourth-order valence-corrected chi connectivity index (χ4v) is 2.44. The number of hydrogen-bond donors (Lipinski definition) is 3. The highest BCUT2D eigenvalue weighted by molar-refractivity contribution is 6.31. The molecule has 0 spiro atoms. The summed E-state index contributed by atoms with van der Waals surface area (Å²) in [5, 5.41) is 29.8. The fourth-order valence-electron chi connectivity index (χ4n) is 2.21. The second kappa shape index (κ2) is 10.4. The Hall–Kier alpha value is -3.17. The third kappa shape index (κ3) is 6.44. The van der Waals surface area contributed by atoms with E-state index in [4.69, 9.17) is 21.4 Å². The van der Waals surface area contributed by atoms with Gasteiger partial charge in [0.25, 0.3) is 0 Å². The van der Waals surface area contributed by atoms with Crippen LogP contribution in [0.15, 0.2) is 46.6 Å². The monoisotopic (exact) mass is 420 g/mol. The number of aromatic hydroxyl groups is 1. The number of benzene rings is 2. The number of halogens is 1. The highest BCUT2D eigenvalue weighted by Crippen LogP contribution is 2.27. The number of nitrogens with one attached hydrogen (secondary N) is 1. The van der Waals surface area contributed by atoms with E-state index in [0.29, 0.717) is 29.4 Å². The molecule has 0 heterocycles.